The van der Waals surface area contributed by atoms with E-state index in [4.69, 9.17) is 19.7 Å². The highest BCUT2D eigenvalue weighted by molar-refractivity contribution is 7.50. The molecule has 0 spiro atoms. The van der Waals surface area contributed by atoms with Gasteiger partial charge in [0.25, 0.3) is 5.56 Å². The molecular weight excluding hydrogens is 499 g/mol. The Balaban J connectivity index is 1.44. The van der Waals surface area contributed by atoms with Crippen molar-refractivity contribution in [1.82, 2.24) is 24.6 Å². The molecular formula is C20H25N6O9P. The molecule has 4 rings (SSSR count). The minimum Gasteiger partial charge on any atom is -0.468 e. The number of nitrogens with two attached hydrogens (primary N) is 1. The molecule has 15 nitrogen and oxygen atoms in total. The number of methoxy groups -OCH3 is 1. The van der Waals surface area contributed by atoms with Crippen LogP contribution in [0.4, 0.5) is 5.95 Å². The van der Waals surface area contributed by atoms with E-state index in [2.05, 4.69) is 20.0 Å². The van der Waals surface area contributed by atoms with Gasteiger partial charge in [0, 0.05) is 0 Å². The maximum atomic E-state index is 12.7. The second-order valence-corrected chi connectivity index (χ2v) is 9.59. The van der Waals surface area contributed by atoms with E-state index < -0.39 is 56.5 Å². The van der Waals surface area contributed by atoms with Gasteiger partial charge in [0.05, 0.1) is 20.0 Å². The number of aliphatic hydroxyl groups excluding tert-OH is 2. The predicted molar refractivity (Wildman–Crippen MR) is 123 cm³/mol. The number of H-pyrrole nitrogens is 1. The van der Waals surface area contributed by atoms with Crippen LogP contribution in [0.2, 0.25) is 0 Å². The van der Waals surface area contributed by atoms with Crippen LogP contribution in [-0.4, -0.2) is 78.7 Å². The lowest BCUT2D eigenvalue weighted by atomic mass is 10.1. The maximum Gasteiger partial charge on any atom is 0.403 e. The molecule has 2 aromatic heterocycles. The molecule has 36 heavy (non-hydrogen) atoms. The second kappa shape index (κ2) is 10.4. The normalized spacial score (nSPS) is 24.4. The molecule has 0 radical (unpaired) electrons. The zero-order valence-electron chi connectivity index (χ0n) is 18.9. The quantitative estimate of drug-likeness (QED) is 0.143. The smallest absolute Gasteiger partial charge is 0.403 e. The number of fused-ring (bicyclic) bond motifs is 1. The maximum absolute atomic E-state index is 12.7. The highest BCUT2D eigenvalue weighted by atomic mass is 31.2. The average Bonchev–Trinajstić information content (AvgIpc) is 3.38. The van der Waals surface area contributed by atoms with Crippen molar-refractivity contribution < 1.29 is 38.5 Å². The van der Waals surface area contributed by atoms with Crippen LogP contribution < -0.4 is 16.4 Å². The number of nitrogen functional groups attached to an aromatic ring is 1. The van der Waals surface area contributed by atoms with Gasteiger partial charge in [-0.1, -0.05) is 30.3 Å². The molecule has 0 amide bonds. The predicted octanol–water partition coefficient (Wildman–Crippen LogP) is -1.19. The number of anilines is 1. The van der Waals surface area contributed by atoms with E-state index in [0.717, 1.165) is 7.11 Å². The van der Waals surface area contributed by atoms with E-state index in [-0.39, 0.29) is 23.5 Å². The Labute approximate surface area is 203 Å². The molecule has 0 bridgehead atoms. The van der Waals surface area contributed by atoms with Gasteiger partial charge < -0.3 is 30.3 Å². The minimum absolute atomic E-state index is 0.00500. The molecule has 1 aliphatic heterocycles. The van der Waals surface area contributed by atoms with Gasteiger partial charge in [0.1, 0.15) is 24.4 Å². The topological polar surface area (TPSA) is 224 Å². The summed E-state index contributed by atoms with van der Waals surface area (Å²) in [6.45, 7) is -0.627. The molecule has 194 valence electrons. The Kier molecular flexibility index (Phi) is 7.51. The van der Waals surface area contributed by atoms with Gasteiger partial charge in [-0.2, -0.15) is 4.98 Å². The number of nitrogens with zero attached hydrogens (tertiary/aromatic N) is 3. The van der Waals surface area contributed by atoms with Gasteiger partial charge in [-0.15, -0.1) is 0 Å². The van der Waals surface area contributed by atoms with Gasteiger partial charge in [-0.3, -0.25) is 23.7 Å². The molecule has 0 saturated carbocycles. The van der Waals surface area contributed by atoms with Crippen molar-refractivity contribution in [2.24, 2.45) is 0 Å². The van der Waals surface area contributed by atoms with Crippen molar-refractivity contribution in [3.8, 4) is 0 Å². The molecule has 3 aromatic rings. The van der Waals surface area contributed by atoms with Gasteiger partial charge in [0.2, 0.25) is 5.95 Å². The van der Waals surface area contributed by atoms with Gasteiger partial charge in [0.15, 0.2) is 17.4 Å². The Bertz CT molecular complexity index is 1330. The van der Waals surface area contributed by atoms with Crippen molar-refractivity contribution in [2.75, 3.05) is 19.5 Å². The Morgan fingerprint density at radius 2 is 2.06 bits per heavy atom. The number of carbonyl (C=O) groups is 1. The van der Waals surface area contributed by atoms with E-state index in [1.807, 2.05) is 0 Å². The monoisotopic (exact) mass is 524 g/mol. The molecule has 7 N–H and O–H groups in total. The average molecular weight is 524 g/mol. The lowest BCUT2D eigenvalue weighted by Crippen LogP contribution is -2.39. The molecule has 1 unspecified atom stereocenters. The van der Waals surface area contributed by atoms with Crippen LogP contribution in [-0.2, 0) is 29.8 Å². The van der Waals surface area contributed by atoms with E-state index in [1.165, 1.54) is 10.9 Å². The molecule has 1 saturated heterocycles. The van der Waals surface area contributed by atoms with Crippen LogP contribution in [0.1, 0.15) is 11.8 Å². The zero-order chi connectivity index (χ0) is 26.0. The number of imidazole rings is 1. The number of benzene rings is 1. The van der Waals surface area contributed by atoms with E-state index >= 15 is 0 Å². The van der Waals surface area contributed by atoms with Crippen LogP contribution in [0.5, 0.6) is 0 Å². The van der Waals surface area contributed by atoms with Crippen molar-refractivity contribution in [3.05, 3.63) is 52.6 Å². The first kappa shape index (κ1) is 25.9. The third-order valence-corrected chi connectivity index (χ3v) is 6.70. The summed E-state index contributed by atoms with van der Waals surface area (Å²) in [5, 5.41) is 23.2. The van der Waals surface area contributed by atoms with E-state index in [0.29, 0.717) is 5.56 Å². The lowest BCUT2D eigenvalue weighted by molar-refractivity contribution is -0.142. The third-order valence-electron chi connectivity index (χ3n) is 5.56. The number of aromatic nitrogens is 4. The first-order valence-electron chi connectivity index (χ1n) is 10.7. The molecule has 0 aliphatic carbocycles. The number of esters is 1. The highest BCUT2D eigenvalue weighted by Gasteiger charge is 2.45. The molecule has 6 atom stereocenters. The first-order valence-corrected chi connectivity index (χ1v) is 12.3. The first-order chi connectivity index (χ1) is 17.1. The molecule has 1 aromatic carbocycles. The molecule has 3 heterocycles. The molecule has 1 aliphatic rings. The van der Waals surface area contributed by atoms with E-state index in [1.54, 1.807) is 30.3 Å². The fourth-order valence-electron chi connectivity index (χ4n) is 3.81. The van der Waals surface area contributed by atoms with E-state index in [9.17, 15) is 29.3 Å². The number of hydrogen-bond acceptors (Lipinski definition) is 11. The van der Waals surface area contributed by atoms with Crippen LogP contribution in [0.25, 0.3) is 11.2 Å². The fourth-order valence-corrected chi connectivity index (χ4v) is 4.82. The standard InChI is InChI=1S/C20H25N6O9P/c1-33-19(30)11(7-10-5-3-2-4-6-10)25-36(31,32)34-8-12-14(27)15(28)18(35-12)26-9-22-13-16(26)23-20(21)24-17(13)29/h2-6,9,11-12,14-15,18,27-28H,7-8H2,1H3,(H2,25,31,32)(H3,21,23,24,29)/t11-,12+,14+,15+,18+/m0/s1. The summed E-state index contributed by atoms with van der Waals surface area (Å²) in [6, 6.07) is 7.56. The number of nitrogens with one attached hydrogen (secondary N) is 2. The summed E-state index contributed by atoms with van der Waals surface area (Å²) >= 11 is 0. The van der Waals surface area contributed by atoms with Crippen molar-refractivity contribution >= 4 is 30.8 Å². The third kappa shape index (κ3) is 5.47. The number of aliphatic hydroxyl groups is 2. The SMILES string of the molecule is COC(=O)[C@H](Cc1ccccc1)NP(=O)(O)OC[C@H]1O[C@@H](n2cnc3c(=O)[nH]c(N)nc32)[C@H](O)[C@@H]1O. The Hall–Kier alpha value is -3.17. The highest BCUT2D eigenvalue weighted by Crippen LogP contribution is 2.40. The van der Waals surface area contributed by atoms with Gasteiger partial charge in [-0.25, -0.2) is 14.6 Å². The van der Waals surface area contributed by atoms with Gasteiger partial charge >= 0.3 is 13.7 Å². The number of rotatable bonds is 9. The van der Waals surface area contributed by atoms with Crippen molar-refractivity contribution in [3.63, 3.8) is 0 Å². The van der Waals surface area contributed by atoms with Gasteiger partial charge in [-0.05, 0) is 12.0 Å². The lowest BCUT2D eigenvalue weighted by Gasteiger charge is -2.22. The van der Waals surface area contributed by atoms with Crippen molar-refractivity contribution in [2.45, 2.75) is 37.0 Å². The summed E-state index contributed by atoms with van der Waals surface area (Å²) in [6.07, 6.45) is -4.33. The summed E-state index contributed by atoms with van der Waals surface area (Å²) < 4.78 is 29.3. The Morgan fingerprint density at radius 3 is 2.75 bits per heavy atom. The second-order valence-electron chi connectivity index (χ2n) is 8.03. The van der Waals surface area contributed by atoms with Crippen LogP contribution >= 0.6 is 7.75 Å². The molecule has 1 fully saturated rings. The fraction of sp³-hybridized carbons (Fsp3) is 0.400. The number of hydrogen-bond donors (Lipinski definition) is 6. The largest absolute Gasteiger partial charge is 0.468 e. The Morgan fingerprint density at radius 1 is 1.33 bits per heavy atom. The summed E-state index contributed by atoms with van der Waals surface area (Å²) in [4.78, 5) is 44.7. The minimum atomic E-state index is -4.60. The van der Waals surface area contributed by atoms with Crippen LogP contribution in [0, 0.1) is 0 Å². The summed E-state index contributed by atoms with van der Waals surface area (Å²) in [7, 11) is -3.46. The van der Waals surface area contributed by atoms with Crippen molar-refractivity contribution in [1.29, 1.82) is 0 Å². The summed E-state index contributed by atoms with van der Waals surface area (Å²) in [5.41, 5.74) is 5.62. The van der Waals surface area contributed by atoms with Crippen LogP contribution in [0.15, 0.2) is 41.5 Å². The number of carbonyl (C=O) groups excluding carboxylic acids is 1. The zero-order valence-corrected chi connectivity index (χ0v) is 19.8. The number of ether oxygens (including phenoxy) is 2. The molecule has 16 heteroatoms. The summed E-state index contributed by atoms with van der Waals surface area (Å²) in [5.74, 6) is -0.969. The number of aromatic amines is 1. The van der Waals surface area contributed by atoms with Crippen LogP contribution in [0.3, 0.4) is 0 Å².